The van der Waals surface area contributed by atoms with Crippen molar-refractivity contribution in [2.75, 3.05) is 60.3 Å². The zero-order chi connectivity index (χ0) is 22.8. The number of aromatic nitrogens is 1. The normalized spacial score (nSPS) is 14.6. The molecule has 0 saturated carbocycles. The summed E-state index contributed by atoms with van der Waals surface area (Å²) in [6.07, 6.45) is 3.25. The van der Waals surface area contributed by atoms with Gasteiger partial charge in [-0.05, 0) is 25.0 Å². The minimum atomic E-state index is -0.125. The average Bonchev–Trinajstić information content (AvgIpc) is 3.50. The highest BCUT2D eigenvalue weighted by Crippen LogP contribution is 2.30. The van der Waals surface area contributed by atoms with Crippen LogP contribution in [0.2, 0.25) is 0 Å². The number of hydrogen-bond acceptors (Lipinski definition) is 8. The Labute approximate surface area is 192 Å². The van der Waals surface area contributed by atoms with Crippen LogP contribution in [0.5, 0.6) is 0 Å². The maximum absolute atomic E-state index is 12.7. The number of rotatable bonds is 12. The van der Waals surface area contributed by atoms with Crippen LogP contribution < -0.4 is 0 Å². The van der Waals surface area contributed by atoms with Crippen LogP contribution in [0, 0.1) is 0 Å². The Balaban J connectivity index is 1.38. The molecule has 2 aromatic heterocycles. The Morgan fingerprint density at radius 1 is 1.22 bits per heavy atom. The number of amides is 2. The van der Waals surface area contributed by atoms with Gasteiger partial charge in [0.2, 0.25) is 5.91 Å². The molecule has 0 radical (unpaired) electrons. The third kappa shape index (κ3) is 7.13. The van der Waals surface area contributed by atoms with Gasteiger partial charge in [-0.2, -0.15) is 0 Å². The van der Waals surface area contributed by atoms with Crippen LogP contribution >= 0.6 is 11.3 Å². The summed E-state index contributed by atoms with van der Waals surface area (Å²) < 4.78 is 20.9. The van der Waals surface area contributed by atoms with Crippen molar-refractivity contribution < 1.29 is 28.2 Å². The molecular formula is C22H31N3O6S. The lowest BCUT2D eigenvalue weighted by Gasteiger charge is -2.31. The Hall–Kier alpha value is -2.27. The summed E-state index contributed by atoms with van der Waals surface area (Å²) in [5, 5.41) is 2.77. The van der Waals surface area contributed by atoms with Crippen LogP contribution in [-0.2, 0) is 25.5 Å². The zero-order valence-electron chi connectivity index (χ0n) is 18.7. The van der Waals surface area contributed by atoms with E-state index in [1.54, 1.807) is 31.4 Å². The number of methoxy groups -OCH3 is 1. The highest BCUT2D eigenvalue weighted by atomic mass is 32.1. The fraction of sp³-hybridized carbons (Fsp3) is 0.591. The van der Waals surface area contributed by atoms with Crippen LogP contribution in [0.15, 0.2) is 28.2 Å². The molecule has 9 nitrogen and oxygen atoms in total. The molecule has 0 bridgehead atoms. The van der Waals surface area contributed by atoms with Gasteiger partial charge in [0.1, 0.15) is 18.1 Å². The molecule has 1 aliphatic heterocycles. The molecule has 0 aliphatic carbocycles. The van der Waals surface area contributed by atoms with E-state index in [4.69, 9.17) is 18.6 Å². The fourth-order valence-electron chi connectivity index (χ4n) is 3.47. The van der Waals surface area contributed by atoms with Crippen molar-refractivity contribution in [3.63, 3.8) is 0 Å². The molecule has 1 fully saturated rings. The number of piperidine rings is 1. The predicted octanol–water partition coefficient (Wildman–Crippen LogP) is 2.39. The van der Waals surface area contributed by atoms with Gasteiger partial charge in [0.05, 0.1) is 44.2 Å². The molecule has 0 atom stereocenters. The van der Waals surface area contributed by atoms with Gasteiger partial charge in [-0.25, -0.2) is 4.98 Å². The van der Waals surface area contributed by atoms with Crippen LogP contribution in [0.4, 0.5) is 0 Å². The van der Waals surface area contributed by atoms with Gasteiger partial charge in [0, 0.05) is 38.5 Å². The van der Waals surface area contributed by atoms with Gasteiger partial charge < -0.3 is 28.4 Å². The molecule has 3 rings (SSSR count). The number of carbonyl (C=O) groups is 2. The third-order valence-electron chi connectivity index (χ3n) is 5.29. The molecule has 176 valence electrons. The van der Waals surface area contributed by atoms with E-state index in [1.165, 1.54) is 11.3 Å². The second-order valence-corrected chi connectivity index (χ2v) is 8.51. The van der Waals surface area contributed by atoms with Gasteiger partial charge in [-0.3, -0.25) is 9.59 Å². The molecule has 0 N–H and O–H groups in total. The van der Waals surface area contributed by atoms with Crippen LogP contribution in [0.25, 0.3) is 0 Å². The molecule has 1 aliphatic rings. The van der Waals surface area contributed by atoms with Crippen molar-refractivity contribution in [3.8, 4) is 0 Å². The van der Waals surface area contributed by atoms with E-state index < -0.39 is 0 Å². The predicted molar refractivity (Wildman–Crippen MR) is 119 cm³/mol. The second-order valence-electron chi connectivity index (χ2n) is 7.62. The molecule has 0 unspecified atom stereocenters. The van der Waals surface area contributed by atoms with Crippen molar-refractivity contribution in [3.05, 3.63) is 40.2 Å². The van der Waals surface area contributed by atoms with Crippen molar-refractivity contribution in [2.24, 2.45) is 0 Å². The number of ether oxygens (including phenoxy) is 3. The first-order chi connectivity index (χ1) is 15.6. The minimum Gasteiger partial charge on any atom is -0.467 e. The van der Waals surface area contributed by atoms with Gasteiger partial charge >= 0.3 is 0 Å². The molecule has 0 aromatic carbocycles. The summed E-state index contributed by atoms with van der Waals surface area (Å²) in [4.78, 5) is 33.0. The second kappa shape index (κ2) is 12.7. The summed E-state index contributed by atoms with van der Waals surface area (Å²) in [5.41, 5.74) is 0.457. The first-order valence-corrected chi connectivity index (χ1v) is 11.6. The Bertz CT molecular complexity index is 833. The maximum Gasteiger partial charge on any atom is 0.273 e. The highest BCUT2D eigenvalue weighted by molar-refractivity contribution is 7.09. The summed E-state index contributed by atoms with van der Waals surface area (Å²) >= 11 is 1.51. The van der Waals surface area contributed by atoms with Gasteiger partial charge in [-0.15, -0.1) is 11.3 Å². The van der Waals surface area contributed by atoms with E-state index in [2.05, 4.69) is 4.98 Å². The first-order valence-electron chi connectivity index (χ1n) is 10.7. The molecule has 10 heteroatoms. The molecular weight excluding hydrogens is 434 g/mol. The van der Waals surface area contributed by atoms with E-state index >= 15 is 0 Å². The molecule has 2 amide bonds. The molecule has 32 heavy (non-hydrogen) atoms. The Kier molecular flexibility index (Phi) is 9.66. The number of furan rings is 1. The highest BCUT2D eigenvalue weighted by Gasteiger charge is 2.27. The smallest absolute Gasteiger partial charge is 0.273 e. The number of likely N-dealkylation sites (tertiary alicyclic amines) is 1. The standard InChI is InChI=1S/C22H31N3O6S/c1-24(14-18-4-3-9-31-18)22(27)19-16-32-21(23-19)17-5-7-25(8-6-17)20(26)15-30-13-12-29-11-10-28-2/h3-4,9,16-17H,5-8,10-15H2,1-2H3. The van der Waals surface area contributed by atoms with Crippen LogP contribution in [-0.4, -0.2) is 86.9 Å². The van der Waals surface area contributed by atoms with Crippen LogP contribution in [0.1, 0.15) is 40.0 Å². The fourth-order valence-corrected chi connectivity index (χ4v) is 4.43. The van der Waals surface area contributed by atoms with Gasteiger partial charge in [0.15, 0.2) is 0 Å². The quantitative estimate of drug-likeness (QED) is 0.444. The maximum atomic E-state index is 12.7. The van der Waals surface area contributed by atoms with Crippen molar-refractivity contribution >= 4 is 23.2 Å². The Morgan fingerprint density at radius 2 is 1.97 bits per heavy atom. The molecule has 3 heterocycles. The lowest BCUT2D eigenvalue weighted by molar-refractivity contribution is -0.137. The van der Waals surface area contributed by atoms with E-state index in [0.717, 1.165) is 23.6 Å². The first kappa shape index (κ1) is 24.4. The third-order valence-corrected chi connectivity index (χ3v) is 6.29. The van der Waals surface area contributed by atoms with Crippen molar-refractivity contribution in [1.82, 2.24) is 14.8 Å². The zero-order valence-corrected chi connectivity index (χ0v) is 19.5. The SMILES string of the molecule is COCCOCCOCC(=O)N1CCC(c2nc(C(=O)N(C)Cc3ccco3)cs2)CC1. The number of nitrogens with zero attached hydrogens (tertiary/aromatic N) is 3. The lowest BCUT2D eigenvalue weighted by atomic mass is 9.97. The van der Waals surface area contributed by atoms with E-state index in [-0.39, 0.29) is 24.3 Å². The number of carbonyl (C=O) groups excluding carboxylic acids is 2. The lowest BCUT2D eigenvalue weighted by Crippen LogP contribution is -2.40. The summed E-state index contributed by atoms with van der Waals surface area (Å²) in [5.74, 6) is 0.863. The Morgan fingerprint density at radius 3 is 2.69 bits per heavy atom. The number of hydrogen-bond donors (Lipinski definition) is 0. The minimum absolute atomic E-state index is 0.00472. The van der Waals surface area contributed by atoms with E-state index in [1.807, 2.05) is 16.3 Å². The topological polar surface area (TPSA) is 94.3 Å². The van der Waals surface area contributed by atoms with E-state index in [0.29, 0.717) is 51.8 Å². The van der Waals surface area contributed by atoms with E-state index in [9.17, 15) is 9.59 Å². The van der Waals surface area contributed by atoms with Gasteiger partial charge in [-0.1, -0.05) is 0 Å². The average molecular weight is 466 g/mol. The van der Waals surface area contributed by atoms with Crippen molar-refractivity contribution in [1.29, 1.82) is 0 Å². The summed E-state index contributed by atoms with van der Waals surface area (Å²) in [7, 11) is 3.36. The summed E-state index contributed by atoms with van der Waals surface area (Å²) in [6.45, 7) is 3.69. The molecule has 0 spiro atoms. The monoisotopic (exact) mass is 465 g/mol. The molecule has 1 saturated heterocycles. The van der Waals surface area contributed by atoms with Crippen LogP contribution in [0.3, 0.4) is 0 Å². The summed E-state index contributed by atoms with van der Waals surface area (Å²) in [6, 6.07) is 3.64. The largest absolute Gasteiger partial charge is 0.467 e. The van der Waals surface area contributed by atoms with Gasteiger partial charge in [0.25, 0.3) is 5.91 Å². The molecule has 2 aromatic rings. The van der Waals surface area contributed by atoms with Crippen molar-refractivity contribution in [2.45, 2.75) is 25.3 Å². The number of thiazole rings is 1.